The summed E-state index contributed by atoms with van der Waals surface area (Å²) < 4.78 is 1.74. The fraction of sp³-hybridized carbons (Fsp3) is 0.909. The van der Waals surface area contributed by atoms with Gasteiger partial charge in [-0.25, -0.2) is 4.68 Å². The van der Waals surface area contributed by atoms with Gasteiger partial charge in [-0.15, -0.1) is 5.10 Å². The maximum Gasteiger partial charge on any atom is 0.209 e. The molecule has 6 heteroatoms. The molecule has 1 N–H and O–H groups in total. The van der Waals surface area contributed by atoms with Gasteiger partial charge in [0.25, 0.3) is 0 Å². The molecule has 0 spiro atoms. The number of tetrazole rings is 1. The molecular formula is C11H23N5S. The quantitative estimate of drug-likeness (QED) is 0.720. The van der Waals surface area contributed by atoms with Crippen molar-refractivity contribution in [2.45, 2.75) is 56.5 Å². The summed E-state index contributed by atoms with van der Waals surface area (Å²) >= 11 is 1.77. The van der Waals surface area contributed by atoms with E-state index in [0.29, 0.717) is 11.3 Å². The van der Waals surface area contributed by atoms with Gasteiger partial charge in [0, 0.05) is 18.3 Å². The lowest BCUT2D eigenvalue weighted by molar-refractivity contribution is 0.464. The molecular weight excluding hydrogens is 234 g/mol. The van der Waals surface area contributed by atoms with Gasteiger partial charge in [0.15, 0.2) is 0 Å². The van der Waals surface area contributed by atoms with Crippen molar-refractivity contribution in [3.63, 3.8) is 0 Å². The predicted octanol–water partition coefficient (Wildman–Crippen LogP) is 1.86. The SMILES string of the molecule is CCCC(NCC)C(CC)Sc1nnnn1C. The van der Waals surface area contributed by atoms with Gasteiger partial charge in [0.05, 0.1) is 0 Å². The van der Waals surface area contributed by atoms with Crippen molar-refractivity contribution in [2.75, 3.05) is 6.54 Å². The zero-order valence-corrected chi connectivity index (χ0v) is 12.0. The third-order valence-electron chi connectivity index (χ3n) is 2.76. The Morgan fingerprint density at radius 2 is 2.12 bits per heavy atom. The highest BCUT2D eigenvalue weighted by molar-refractivity contribution is 7.99. The Balaban J connectivity index is 2.64. The number of hydrogen-bond acceptors (Lipinski definition) is 5. The number of thioether (sulfide) groups is 1. The van der Waals surface area contributed by atoms with Crippen LogP contribution in [0.1, 0.15) is 40.0 Å². The molecule has 2 atom stereocenters. The molecule has 0 fully saturated rings. The van der Waals surface area contributed by atoms with Crippen LogP contribution in [0.2, 0.25) is 0 Å². The second-order valence-corrected chi connectivity index (χ2v) is 5.31. The number of nitrogens with zero attached hydrogens (tertiary/aromatic N) is 4. The van der Waals surface area contributed by atoms with Crippen molar-refractivity contribution in [2.24, 2.45) is 7.05 Å². The topological polar surface area (TPSA) is 55.6 Å². The van der Waals surface area contributed by atoms with Crippen LogP contribution in [0.25, 0.3) is 0 Å². The average Bonchev–Trinajstić information content (AvgIpc) is 2.71. The first-order valence-electron chi connectivity index (χ1n) is 6.35. The highest BCUT2D eigenvalue weighted by Crippen LogP contribution is 2.26. The van der Waals surface area contributed by atoms with Gasteiger partial charge in [-0.1, -0.05) is 39.0 Å². The molecule has 1 heterocycles. The Hall–Kier alpha value is -0.620. The number of aromatic nitrogens is 4. The lowest BCUT2D eigenvalue weighted by atomic mass is 10.1. The van der Waals surface area contributed by atoms with Gasteiger partial charge in [-0.3, -0.25) is 0 Å². The highest BCUT2D eigenvalue weighted by atomic mass is 32.2. The fourth-order valence-corrected chi connectivity index (χ4v) is 3.01. The summed E-state index contributed by atoms with van der Waals surface area (Å²) in [5.41, 5.74) is 0. The number of rotatable bonds is 8. The Kier molecular flexibility index (Phi) is 6.50. The van der Waals surface area contributed by atoms with Crippen LogP contribution in [-0.2, 0) is 7.05 Å². The van der Waals surface area contributed by atoms with E-state index in [-0.39, 0.29) is 0 Å². The van der Waals surface area contributed by atoms with Gasteiger partial charge >= 0.3 is 0 Å². The number of nitrogens with one attached hydrogen (secondary N) is 1. The Labute approximate surface area is 108 Å². The molecule has 0 radical (unpaired) electrons. The van der Waals surface area contributed by atoms with E-state index in [2.05, 4.69) is 41.6 Å². The minimum atomic E-state index is 0.527. The van der Waals surface area contributed by atoms with E-state index in [1.807, 2.05) is 7.05 Å². The third kappa shape index (κ3) is 4.27. The molecule has 98 valence electrons. The molecule has 2 unspecified atom stereocenters. The Morgan fingerprint density at radius 1 is 1.35 bits per heavy atom. The number of aryl methyl sites for hydroxylation is 1. The number of hydrogen-bond donors (Lipinski definition) is 1. The van der Waals surface area contributed by atoms with Crippen LogP contribution < -0.4 is 5.32 Å². The monoisotopic (exact) mass is 257 g/mol. The molecule has 0 aliphatic rings. The van der Waals surface area contributed by atoms with Crippen molar-refractivity contribution in [1.82, 2.24) is 25.5 Å². The summed E-state index contributed by atoms with van der Waals surface area (Å²) in [4.78, 5) is 0. The van der Waals surface area contributed by atoms with E-state index in [1.54, 1.807) is 16.4 Å². The Bertz CT molecular complexity index is 309. The fourth-order valence-electron chi connectivity index (χ4n) is 1.90. The maximum atomic E-state index is 4.04. The van der Waals surface area contributed by atoms with E-state index < -0.39 is 0 Å². The summed E-state index contributed by atoms with van der Waals surface area (Å²) in [6.45, 7) is 7.62. The largest absolute Gasteiger partial charge is 0.313 e. The summed E-state index contributed by atoms with van der Waals surface area (Å²) in [5, 5.41) is 16.6. The molecule has 0 aliphatic heterocycles. The molecule has 1 aromatic heterocycles. The lowest BCUT2D eigenvalue weighted by Gasteiger charge is -2.25. The van der Waals surface area contributed by atoms with Crippen LogP contribution in [0.5, 0.6) is 0 Å². The third-order valence-corrected chi connectivity index (χ3v) is 4.28. The Morgan fingerprint density at radius 3 is 2.59 bits per heavy atom. The molecule has 0 bridgehead atoms. The molecule has 0 saturated carbocycles. The van der Waals surface area contributed by atoms with E-state index in [4.69, 9.17) is 0 Å². The summed E-state index contributed by atoms with van der Waals surface area (Å²) in [6.07, 6.45) is 3.52. The van der Waals surface area contributed by atoms with E-state index >= 15 is 0 Å². The predicted molar refractivity (Wildman–Crippen MR) is 71.1 cm³/mol. The lowest BCUT2D eigenvalue weighted by Crippen LogP contribution is -2.37. The first-order chi connectivity index (χ1) is 8.22. The first-order valence-corrected chi connectivity index (χ1v) is 7.23. The normalized spacial score (nSPS) is 14.8. The van der Waals surface area contributed by atoms with Gasteiger partial charge in [-0.05, 0) is 29.8 Å². The molecule has 0 saturated heterocycles. The smallest absolute Gasteiger partial charge is 0.209 e. The minimum Gasteiger partial charge on any atom is -0.313 e. The van der Waals surface area contributed by atoms with Crippen LogP contribution in [-0.4, -0.2) is 38.0 Å². The van der Waals surface area contributed by atoms with E-state index in [1.165, 1.54) is 12.8 Å². The second kappa shape index (κ2) is 7.66. The van der Waals surface area contributed by atoms with Gasteiger partial charge in [0.1, 0.15) is 0 Å². The first kappa shape index (κ1) is 14.4. The molecule has 1 rings (SSSR count). The average molecular weight is 257 g/mol. The van der Waals surface area contributed by atoms with Crippen molar-refractivity contribution in [1.29, 1.82) is 0 Å². The van der Waals surface area contributed by atoms with Crippen LogP contribution in [0.4, 0.5) is 0 Å². The van der Waals surface area contributed by atoms with Crippen molar-refractivity contribution < 1.29 is 0 Å². The van der Waals surface area contributed by atoms with E-state index in [9.17, 15) is 0 Å². The van der Waals surface area contributed by atoms with Gasteiger partial charge in [-0.2, -0.15) is 0 Å². The summed E-state index contributed by atoms with van der Waals surface area (Å²) in [7, 11) is 1.89. The van der Waals surface area contributed by atoms with Gasteiger partial charge < -0.3 is 5.32 Å². The molecule has 0 amide bonds. The molecule has 17 heavy (non-hydrogen) atoms. The van der Waals surface area contributed by atoms with Crippen molar-refractivity contribution in [3.05, 3.63) is 0 Å². The van der Waals surface area contributed by atoms with Crippen LogP contribution in [0, 0.1) is 0 Å². The van der Waals surface area contributed by atoms with E-state index in [0.717, 1.165) is 18.1 Å². The molecule has 0 aliphatic carbocycles. The van der Waals surface area contributed by atoms with Crippen LogP contribution in [0.15, 0.2) is 5.16 Å². The molecule has 1 aromatic rings. The minimum absolute atomic E-state index is 0.527. The zero-order chi connectivity index (χ0) is 12.7. The zero-order valence-electron chi connectivity index (χ0n) is 11.2. The van der Waals surface area contributed by atoms with Crippen LogP contribution in [0.3, 0.4) is 0 Å². The second-order valence-electron chi connectivity index (χ2n) is 4.10. The highest BCUT2D eigenvalue weighted by Gasteiger charge is 2.21. The van der Waals surface area contributed by atoms with Crippen LogP contribution >= 0.6 is 11.8 Å². The summed E-state index contributed by atoms with van der Waals surface area (Å²) in [6, 6.07) is 0.539. The summed E-state index contributed by atoms with van der Waals surface area (Å²) in [5.74, 6) is 0. The van der Waals surface area contributed by atoms with Gasteiger partial charge in [0.2, 0.25) is 5.16 Å². The standard InChI is InChI=1S/C11H23N5S/c1-5-8-9(12-7-3)10(6-2)17-11-13-14-15-16(11)4/h9-10,12H,5-8H2,1-4H3. The van der Waals surface area contributed by atoms with Crippen molar-refractivity contribution in [3.8, 4) is 0 Å². The molecule has 5 nitrogen and oxygen atoms in total. The van der Waals surface area contributed by atoms with Crippen molar-refractivity contribution >= 4 is 11.8 Å². The molecule has 0 aromatic carbocycles. The maximum absolute atomic E-state index is 4.04.